The first-order chi connectivity index (χ1) is 8.10. The molecule has 1 heterocycles. The van der Waals surface area contributed by atoms with Gasteiger partial charge in [0.2, 0.25) is 0 Å². The average molecular weight is 231 g/mol. The zero-order valence-electron chi connectivity index (χ0n) is 11.7. The van der Waals surface area contributed by atoms with Gasteiger partial charge in [0.25, 0.3) is 0 Å². The van der Waals surface area contributed by atoms with E-state index in [1.807, 2.05) is 6.92 Å². The molecule has 17 heavy (non-hydrogen) atoms. The molecule has 0 saturated carbocycles. The van der Waals surface area contributed by atoms with E-state index in [1.54, 1.807) is 0 Å². The zero-order valence-corrected chi connectivity index (χ0v) is 11.7. The van der Waals surface area contributed by atoms with Gasteiger partial charge in [0.15, 0.2) is 0 Å². The lowest BCUT2D eigenvalue weighted by Gasteiger charge is -2.22. The third-order valence-corrected chi connectivity index (χ3v) is 3.90. The fourth-order valence-corrected chi connectivity index (χ4v) is 2.43. The van der Waals surface area contributed by atoms with Crippen molar-refractivity contribution in [3.05, 3.63) is 23.4 Å². The molecule has 0 aliphatic carbocycles. The van der Waals surface area contributed by atoms with Crippen LogP contribution in [0.25, 0.3) is 0 Å². The molecule has 0 radical (unpaired) electrons. The van der Waals surface area contributed by atoms with Crippen molar-refractivity contribution in [3.8, 4) is 12.3 Å². The van der Waals surface area contributed by atoms with Crippen LogP contribution in [-0.4, -0.2) is 18.0 Å². The SMILES string of the molecule is C#C/C(C)=C\C=C1/CC(CCCC)C(C)N1C. The second-order valence-corrected chi connectivity index (χ2v) is 5.11. The molecule has 94 valence electrons. The van der Waals surface area contributed by atoms with E-state index in [0.29, 0.717) is 6.04 Å². The molecule has 1 rings (SSSR count). The van der Waals surface area contributed by atoms with Crippen LogP contribution in [0, 0.1) is 18.3 Å². The Bertz CT molecular complexity index is 343. The van der Waals surface area contributed by atoms with Crippen LogP contribution in [0.3, 0.4) is 0 Å². The molecule has 1 nitrogen and oxygen atoms in total. The largest absolute Gasteiger partial charge is 0.375 e. The molecule has 2 atom stereocenters. The van der Waals surface area contributed by atoms with Gasteiger partial charge in [-0.3, -0.25) is 0 Å². The van der Waals surface area contributed by atoms with E-state index in [9.17, 15) is 0 Å². The van der Waals surface area contributed by atoms with Gasteiger partial charge in [0.05, 0.1) is 0 Å². The van der Waals surface area contributed by atoms with E-state index in [1.165, 1.54) is 31.4 Å². The monoisotopic (exact) mass is 231 g/mol. The van der Waals surface area contributed by atoms with Crippen molar-refractivity contribution in [2.24, 2.45) is 5.92 Å². The number of allylic oxidation sites excluding steroid dienone is 4. The number of hydrogen-bond donors (Lipinski definition) is 0. The van der Waals surface area contributed by atoms with Crippen molar-refractivity contribution < 1.29 is 0 Å². The van der Waals surface area contributed by atoms with Crippen LogP contribution in [0.1, 0.15) is 46.5 Å². The molecule has 0 spiro atoms. The number of rotatable bonds is 4. The highest BCUT2D eigenvalue weighted by atomic mass is 15.2. The molecule has 0 amide bonds. The molecule has 0 bridgehead atoms. The van der Waals surface area contributed by atoms with E-state index in [0.717, 1.165) is 11.5 Å². The molecular formula is C16H25N. The predicted molar refractivity (Wildman–Crippen MR) is 75.5 cm³/mol. The molecule has 1 fully saturated rings. The maximum Gasteiger partial charge on any atom is 0.0287 e. The quantitative estimate of drug-likeness (QED) is 0.661. The topological polar surface area (TPSA) is 3.24 Å². The van der Waals surface area contributed by atoms with Crippen molar-refractivity contribution in [2.45, 2.75) is 52.5 Å². The van der Waals surface area contributed by atoms with Gasteiger partial charge in [0, 0.05) is 18.8 Å². The summed E-state index contributed by atoms with van der Waals surface area (Å²) in [7, 11) is 2.20. The fourth-order valence-electron chi connectivity index (χ4n) is 2.43. The molecule has 1 aliphatic heterocycles. The Kier molecular flexibility index (Phi) is 5.35. The van der Waals surface area contributed by atoms with Gasteiger partial charge in [-0.25, -0.2) is 0 Å². The maximum absolute atomic E-state index is 5.35. The zero-order chi connectivity index (χ0) is 12.8. The van der Waals surface area contributed by atoms with Gasteiger partial charge in [-0.2, -0.15) is 0 Å². The van der Waals surface area contributed by atoms with Gasteiger partial charge in [-0.05, 0) is 50.3 Å². The first-order valence-corrected chi connectivity index (χ1v) is 6.67. The molecule has 1 saturated heterocycles. The number of likely N-dealkylation sites (tertiary alicyclic amines) is 1. The van der Waals surface area contributed by atoms with Crippen LogP contribution in [0.2, 0.25) is 0 Å². The summed E-state index contributed by atoms with van der Waals surface area (Å²) in [6.45, 7) is 6.57. The molecule has 1 heteroatoms. The van der Waals surface area contributed by atoms with E-state index in [2.05, 4.69) is 43.9 Å². The highest BCUT2D eigenvalue weighted by Crippen LogP contribution is 2.34. The Morgan fingerprint density at radius 3 is 2.88 bits per heavy atom. The minimum atomic E-state index is 0.660. The van der Waals surface area contributed by atoms with Crippen LogP contribution < -0.4 is 0 Å². The normalized spacial score (nSPS) is 27.6. The molecule has 2 unspecified atom stereocenters. The number of hydrogen-bond acceptors (Lipinski definition) is 1. The lowest BCUT2D eigenvalue weighted by atomic mass is 9.95. The van der Waals surface area contributed by atoms with Crippen LogP contribution in [-0.2, 0) is 0 Å². The van der Waals surface area contributed by atoms with Crippen molar-refractivity contribution in [3.63, 3.8) is 0 Å². The third-order valence-electron chi connectivity index (χ3n) is 3.90. The summed E-state index contributed by atoms with van der Waals surface area (Å²) in [4.78, 5) is 2.40. The van der Waals surface area contributed by atoms with Gasteiger partial charge >= 0.3 is 0 Å². The predicted octanol–water partition coefficient (Wildman–Crippen LogP) is 3.98. The van der Waals surface area contributed by atoms with E-state index in [-0.39, 0.29) is 0 Å². The van der Waals surface area contributed by atoms with Crippen LogP contribution in [0.4, 0.5) is 0 Å². The van der Waals surface area contributed by atoms with Crippen LogP contribution >= 0.6 is 0 Å². The van der Waals surface area contributed by atoms with Gasteiger partial charge in [0.1, 0.15) is 0 Å². The summed E-state index contributed by atoms with van der Waals surface area (Å²) in [5.41, 5.74) is 2.42. The first-order valence-electron chi connectivity index (χ1n) is 6.67. The smallest absolute Gasteiger partial charge is 0.0287 e. The minimum absolute atomic E-state index is 0.660. The van der Waals surface area contributed by atoms with Crippen molar-refractivity contribution in [1.82, 2.24) is 4.90 Å². The Hall–Kier alpha value is -1.16. The van der Waals surface area contributed by atoms with E-state index >= 15 is 0 Å². The van der Waals surface area contributed by atoms with Crippen molar-refractivity contribution >= 4 is 0 Å². The number of nitrogens with zero attached hydrogens (tertiary/aromatic N) is 1. The second-order valence-electron chi connectivity index (χ2n) is 5.11. The Labute approximate surface area is 107 Å². The second kappa shape index (κ2) is 6.55. The van der Waals surface area contributed by atoms with Crippen molar-refractivity contribution in [1.29, 1.82) is 0 Å². The number of unbranched alkanes of at least 4 members (excludes halogenated alkanes) is 1. The van der Waals surface area contributed by atoms with Gasteiger partial charge < -0.3 is 4.90 Å². The molecule has 0 aromatic heterocycles. The van der Waals surface area contributed by atoms with Crippen LogP contribution in [0.15, 0.2) is 23.4 Å². The summed E-state index contributed by atoms with van der Waals surface area (Å²) >= 11 is 0. The highest BCUT2D eigenvalue weighted by molar-refractivity contribution is 5.29. The average Bonchev–Trinajstić information content (AvgIpc) is 2.61. The molecule has 0 aromatic carbocycles. The molecule has 0 aromatic rings. The Balaban J connectivity index is 2.68. The van der Waals surface area contributed by atoms with E-state index in [4.69, 9.17) is 6.42 Å². The highest BCUT2D eigenvalue weighted by Gasteiger charge is 2.30. The maximum atomic E-state index is 5.35. The lowest BCUT2D eigenvalue weighted by molar-refractivity contribution is 0.302. The summed E-state index contributed by atoms with van der Waals surface area (Å²) in [5, 5.41) is 0. The van der Waals surface area contributed by atoms with Crippen molar-refractivity contribution in [2.75, 3.05) is 7.05 Å². The van der Waals surface area contributed by atoms with Gasteiger partial charge in [-0.15, -0.1) is 6.42 Å². The standard InChI is InChI=1S/C16H25N/c1-6-8-9-15-12-16(17(5)14(15)4)11-10-13(3)7-2/h2,10-11,14-15H,6,8-9,12H2,1,3-5H3/b13-10-,16-11+. The van der Waals surface area contributed by atoms with E-state index < -0.39 is 0 Å². The third kappa shape index (κ3) is 3.66. The number of terminal acetylenes is 1. The summed E-state index contributed by atoms with van der Waals surface area (Å²) in [6.07, 6.45) is 14.8. The fraction of sp³-hybridized carbons (Fsp3) is 0.625. The van der Waals surface area contributed by atoms with Crippen LogP contribution in [0.5, 0.6) is 0 Å². The van der Waals surface area contributed by atoms with Gasteiger partial charge in [-0.1, -0.05) is 25.7 Å². The lowest BCUT2D eigenvalue weighted by Crippen LogP contribution is -2.25. The Morgan fingerprint density at radius 1 is 1.59 bits per heavy atom. The molecule has 0 N–H and O–H groups in total. The Morgan fingerprint density at radius 2 is 2.29 bits per heavy atom. The summed E-state index contributed by atoms with van der Waals surface area (Å²) in [5.74, 6) is 3.47. The molecular weight excluding hydrogens is 206 g/mol. The summed E-state index contributed by atoms with van der Waals surface area (Å²) < 4.78 is 0. The minimum Gasteiger partial charge on any atom is -0.375 e. The first kappa shape index (κ1) is 13.9. The summed E-state index contributed by atoms with van der Waals surface area (Å²) in [6, 6.07) is 0.660. The molecule has 1 aliphatic rings.